The molecule has 0 amide bonds. The Balaban J connectivity index is 2.77. The van der Waals surface area contributed by atoms with Gasteiger partial charge in [0.2, 0.25) is 0 Å². The maximum absolute atomic E-state index is 9.56. The van der Waals surface area contributed by atoms with Crippen molar-refractivity contribution in [2.75, 3.05) is 7.11 Å². The molecule has 1 N–H and O–H groups in total. The van der Waals surface area contributed by atoms with Crippen molar-refractivity contribution >= 4 is 10.9 Å². The minimum Gasteiger partial charge on any atom is -0.507 e. The van der Waals surface area contributed by atoms with Gasteiger partial charge in [-0.3, -0.25) is 4.98 Å². The van der Waals surface area contributed by atoms with E-state index in [-0.39, 0.29) is 5.75 Å². The van der Waals surface area contributed by atoms with Crippen LogP contribution in [0.5, 0.6) is 11.5 Å². The standard InChI is InChI=1S/C10H9NO2/c1-13-7-5-9-8(10(12)6-7)3-2-4-11-9/h2-6,12H,1H3. The Hall–Kier alpha value is -1.77. The van der Waals surface area contributed by atoms with Gasteiger partial charge in [-0.15, -0.1) is 0 Å². The minimum absolute atomic E-state index is 0.197. The molecule has 0 aliphatic rings. The van der Waals surface area contributed by atoms with Crippen LogP contribution in [0, 0.1) is 0 Å². The van der Waals surface area contributed by atoms with Gasteiger partial charge in [-0.05, 0) is 12.1 Å². The first-order chi connectivity index (χ1) is 6.31. The molecular weight excluding hydrogens is 166 g/mol. The lowest BCUT2D eigenvalue weighted by Crippen LogP contribution is -1.84. The molecule has 13 heavy (non-hydrogen) atoms. The molecule has 0 unspecified atom stereocenters. The van der Waals surface area contributed by atoms with E-state index in [1.807, 2.05) is 6.07 Å². The fraction of sp³-hybridized carbons (Fsp3) is 0.100. The summed E-state index contributed by atoms with van der Waals surface area (Å²) in [7, 11) is 1.56. The van der Waals surface area contributed by atoms with Crippen LogP contribution >= 0.6 is 0 Å². The highest BCUT2D eigenvalue weighted by atomic mass is 16.5. The van der Waals surface area contributed by atoms with E-state index >= 15 is 0 Å². The van der Waals surface area contributed by atoms with Crippen LogP contribution in [0.3, 0.4) is 0 Å². The average molecular weight is 175 g/mol. The highest BCUT2D eigenvalue weighted by molar-refractivity contribution is 5.86. The van der Waals surface area contributed by atoms with Gasteiger partial charge in [-0.1, -0.05) is 0 Å². The largest absolute Gasteiger partial charge is 0.507 e. The summed E-state index contributed by atoms with van der Waals surface area (Å²) < 4.78 is 5.00. The maximum Gasteiger partial charge on any atom is 0.128 e. The van der Waals surface area contributed by atoms with Crippen molar-refractivity contribution in [1.29, 1.82) is 0 Å². The number of phenolic OH excluding ortho intramolecular Hbond substituents is 1. The molecule has 0 bridgehead atoms. The first-order valence-electron chi connectivity index (χ1n) is 3.93. The van der Waals surface area contributed by atoms with Gasteiger partial charge in [0, 0.05) is 23.7 Å². The van der Waals surface area contributed by atoms with E-state index in [9.17, 15) is 5.11 Å². The molecule has 66 valence electrons. The highest BCUT2D eigenvalue weighted by Crippen LogP contribution is 2.28. The van der Waals surface area contributed by atoms with Gasteiger partial charge in [0.25, 0.3) is 0 Å². The van der Waals surface area contributed by atoms with Gasteiger partial charge >= 0.3 is 0 Å². The van der Waals surface area contributed by atoms with Crippen molar-refractivity contribution in [3.63, 3.8) is 0 Å². The van der Waals surface area contributed by atoms with Crippen molar-refractivity contribution in [1.82, 2.24) is 4.98 Å². The molecule has 1 aromatic heterocycles. The number of hydrogen-bond donors (Lipinski definition) is 1. The molecule has 0 saturated carbocycles. The molecule has 0 aliphatic carbocycles. The van der Waals surface area contributed by atoms with Gasteiger partial charge in [0.05, 0.1) is 12.6 Å². The Morgan fingerprint density at radius 1 is 1.38 bits per heavy atom. The molecule has 0 fully saturated rings. The Morgan fingerprint density at radius 3 is 3.00 bits per heavy atom. The number of hydrogen-bond acceptors (Lipinski definition) is 3. The SMILES string of the molecule is COc1cc(O)c2cccnc2c1. The number of ether oxygens (including phenoxy) is 1. The quantitative estimate of drug-likeness (QED) is 0.720. The van der Waals surface area contributed by atoms with Gasteiger partial charge in [0.1, 0.15) is 11.5 Å². The molecular formula is C10H9NO2. The fourth-order valence-electron chi connectivity index (χ4n) is 1.26. The van der Waals surface area contributed by atoms with Crippen LogP contribution in [-0.2, 0) is 0 Å². The zero-order valence-corrected chi connectivity index (χ0v) is 7.19. The van der Waals surface area contributed by atoms with Crippen molar-refractivity contribution < 1.29 is 9.84 Å². The number of rotatable bonds is 1. The molecule has 0 spiro atoms. The molecule has 3 nitrogen and oxygen atoms in total. The number of aromatic nitrogens is 1. The predicted molar refractivity (Wildman–Crippen MR) is 50.0 cm³/mol. The third kappa shape index (κ3) is 1.28. The molecule has 0 radical (unpaired) electrons. The third-order valence-electron chi connectivity index (χ3n) is 1.91. The van der Waals surface area contributed by atoms with E-state index in [2.05, 4.69) is 4.98 Å². The normalized spacial score (nSPS) is 10.2. The molecule has 2 rings (SSSR count). The van der Waals surface area contributed by atoms with E-state index in [1.165, 1.54) is 0 Å². The van der Waals surface area contributed by atoms with E-state index < -0.39 is 0 Å². The Labute approximate surface area is 75.6 Å². The summed E-state index contributed by atoms with van der Waals surface area (Å²) in [5.41, 5.74) is 0.736. The molecule has 3 heteroatoms. The zero-order valence-electron chi connectivity index (χ0n) is 7.19. The van der Waals surface area contributed by atoms with E-state index in [0.29, 0.717) is 5.75 Å². The summed E-state index contributed by atoms with van der Waals surface area (Å²) in [5.74, 6) is 0.811. The molecule has 2 aromatic rings. The van der Waals surface area contributed by atoms with Crippen molar-refractivity contribution in [2.45, 2.75) is 0 Å². The molecule has 1 heterocycles. The lowest BCUT2D eigenvalue weighted by molar-refractivity contribution is 0.409. The second kappa shape index (κ2) is 2.94. The van der Waals surface area contributed by atoms with Crippen molar-refractivity contribution in [3.05, 3.63) is 30.5 Å². The number of nitrogens with zero attached hydrogens (tertiary/aromatic N) is 1. The second-order valence-corrected chi connectivity index (χ2v) is 2.72. The number of pyridine rings is 1. The van der Waals surface area contributed by atoms with Gasteiger partial charge in [-0.25, -0.2) is 0 Å². The van der Waals surface area contributed by atoms with Crippen LogP contribution in [0.4, 0.5) is 0 Å². The van der Waals surface area contributed by atoms with E-state index in [1.54, 1.807) is 31.5 Å². The number of aromatic hydroxyl groups is 1. The first-order valence-corrected chi connectivity index (χ1v) is 3.93. The molecule has 1 aromatic carbocycles. The Morgan fingerprint density at radius 2 is 2.23 bits per heavy atom. The lowest BCUT2D eigenvalue weighted by Gasteiger charge is -2.03. The monoisotopic (exact) mass is 175 g/mol. The van der Waals surface area contributed by atoms with E-state index in [0.717, 1.165) is 10.9 Å². The topological polar surface area (TPSA) is 42.4 Å². The highest BCUT2D eigenvalue weighted by Gasteiger charge is 2.02. The summed E-state index contributed by atoms with van der Waals surface area (Å²) in [4.78, 5) is 4.11. The van der Waals surface area contributed by atoms with Crippen LogP contribution in [-0.4, -0.2) is 17.2 Å². The van der Waals surface area contributed by atoms with E-state index in [4.69, 9.17) is 4.74 Å². The summed E-state index contributed by atoms with van der Waals surface area (Å²) in [6, 6.07) is 6.96. The summed E-state index contributed by atoms with van der Waals surface area (Å²) in [5, 5.41) is 10.3. The third-order valence-corrected chi connectivity index (χ3v) is 1.91. The molecule has 0 saturated heterocycles. The number of methoxy groups -OCH3 is 1. The van der Waals surface area contributed by atoms with Crippen LogP contribution in [0.25, 0.3) is 10.9 Å². The van der Waals surface area contributed by atoms with Gasteiger partial charge in [0.15, 0.2) is 0 Å². The van der Waals surface area contributed by atoms with Crippen LogP contribution in [0.1, 0.15) is 0 Å². The summed E-state index contributed by atoms with van der Waals surface area (Å²) in [6.07, 6.45) is 1.68. The van der Waals surface area contributed by atoms with Crippen molar-refractivity contribution in [2.24, 2.45) is 0 Å². The molecule has 0 atom stereocenters. The fourth-order valence-corrected chi connectivity index (χ4v) is 1.26. The summed E-state index contributed by atoms with van der Waals surface area (Å²) >= 11 is 0. The first kappa shape index (κ1) is 7.86. The summed E-state index contributed by atoms with van der Waals surface area (Å²) in [6.45, 7) is 0. The predicted octanol–water partition coefficient (Wildman–Crippen LogP) is 1.95. The maximum atomic E-state index is 9.56. The minimum atomic E-state index is 0.197. The molecule has 0 aliphatic heterocycles. The lowest BCUT2D eigenvalue weighted by atomic mass is 10.2. The number of phenols is 1. The zero-order chi connectivity index (χ0) is 9.26. The van der Waals surface area contributed by atoms with Crippen LogP contribution < -0.4 is 4.74 Å². The second-order valence-electron chi connectivity index (χ2n) is 2.72. The van der Waals surface area contributed by atoms with Crippen molar-refractivity contribution in [3.8, 4) is 11.5 Å². The smallest absolute Gasteiger partial charge is 0.128 e. The van der Waals surface area contributed by atoms with Gasteiger partial charge < -0.3 is 9.84 Å². The van der Waals surface area contributed by atoms with Crippen LogP contribution in [0.15, 0.2) is 30.5 Å². The van der Waals surface area contributed by atoms with Crippen LogP contribution in [0.2, 0.25) is 0 Å². The number of benzene rings is 1. The Kier molecular flexibility index (Phi) is 1.77. The number of fused-ring (bicyclic) bond motifs is 1. The average Bonchev–Trinajstić information content (AvgIpc) is 2.18. The van der Waals surface area contributed by atoms with Gasteiger partial charge in [-0.2, -0.15) is 0 Å². The Bertz CT molecular complexity index is 440.